The van der Waals surface area contributed by atoms with Crippen LogP contribution in [0.3, 0.4) is 0 Å². The molecule has 0 spiro atoms. The monoisotopic (exact) mass is 649 g/mol. The molecule has 0 saturated carbocycles. The first-order chi connectivity index (χ1) is 17.1. The van der Waals surface area contributed by atoms with Crippen LogP contribution in [0, 0.1) is 12.1 Å². The topological polar surface area (TPSA) is 52.8 Å². The minimum absolute atomic E-state index is 0. The number of hydrogen-bond donors (Lipinski definition) is 0. The number of ether oxygens (including phenoxy) is 1. The molecule has 0 fully saturated rings. The van der Waals surface area contributed by atoms with Crippen molar-refractivity contribution in [1.29, 1.82) is 0 Å². The summed E-state index contributed by atoms with van der Waals surface area (Å²) in [6.45, 7) is 4.35. The van der Waals surface area contributed by atoms with E-state index in [1.54, 1.807) is 18.6 Å². The molecule has 2 aromatic carbocycles. The van der Waals surface area contributed by atoms with Crippen LogP contribution in [-0.4, -0.2) is 19.5 Å². The van der Waals surface area contributed by atoms with E-state index in [2.05, 4.69) is 69.8 Å². The van der Waals surface area contributed by atoms with E-state index < -0.39 is 0 Å². The summed E-state index contributed by atoms with van der Waals surface area (Å²) in [5, 5.41) is 1.91. The van der Waals surface area contributed by atoms with Crippen molar-refractivity contribution in [3.05, 3.63) is 121 Å². The normalized spacial score (nSPS) is 11.4. The second-order valence-electron chi connectivity index (χ2n) is 8.87. The van der Waals surface area contributed by atoms with E-state index in [4.69, 9.17) is 4.74 Å². The van der Waals surface area contributed by atoms with E-state index in [0.717, 1.165) is 38.8 Å². The summed E-state index contributed by atoms with van der Waals surface area (Å²) >= 11 is 0. The fourth-order valence-corrected chi connectivity index (χ4v) is 4.42. The van der Waals surface area contributed by atoms with Gasteiger partial charge in [-0.1, -0.05) is 37.0 Å². The third kappa shape index (κ3) is 4.20. The average molecular weight is 650 g/mol. The van der Waals surface area contributed by atoms with Gasteiger partial charge in [-0.3, -0.25) is 9.97 Å². The quantitative estimate of drug-likeness (QED) is 0.196. The Bertz CT molecular complexity index is 1630. The van der Waals surface area contributed by atoms with Crippen LogP contribution in [0.25, 0.3) is 27.5 Å². The molecule has 0 aliphatic carbocycles. The third-order valence-electron chi connectivity index (χ3n) is 6.30. The summed E-state index contributed by atoms with van der Waals surface area (Å²) in [4.78, 5) is 13.1. The summed E-state index contributed by atoms with van der Waals surface area (Å²) in [7, 11) is 0. The van der Waals surface area contributed by atoms with Gasteiger partial charge in [-0.2, -0.15) is 11.5 Å². The molecule has 178 valence electrons. The second kappa shape index (κ2) is 9.67. The first-order valence-corrected chi connectivity index (χ1v) is 11.5. The van der Waals surface area contributed by atoms with Gasteiger partial charge in [0.05, 0.1) is 0 Å². The number of hydrogen-bond acceptors (Lipinski definition) is 4. The SMILES string of the molecule is CC(C)(c1[c-]c2c3[c-]c(Oc4ccccn4)ccc3n(-c3ccncc3)c2cc1)c1ccccn1.[Pt+2]. The summed E-state index contributed by atoms with van der Waals surface area (Å²) in [6, 6.07) is 31.1. The van der Waals surface area contributed by atoms with Gasteiger partial charge in [0.2, 0.25) is 5.88 Å². The number of fused-ring (bicyclic) bond motifs is 3. The standard InChI is InChI=1S/C30H22N4O.Pt/c1-30(2,28-7-3-5-15-32-28)21-9-11-26-24(19-21)25-20-23(35-29-8-4-6-16-33-29)10-12-27(25)34(26)22-13-17-31-18-14-22;/h3-18H,1-2H3;/q-2;+2. The molecule has 6 heteroatoms. The van der Waals surface area contributed by atoms with Crippen molar-refractivity contribution in [1.82, 2.24) is 19.5 Å². The maximum Gasteiger partial charge on any atom is 2.00 e. The van der Waals surface area contributed by atoms with Crippen LogP contribution >= 0.6 is 0 Å². The maximum atomic E-state index is 6.01. The number of nitrogens with zero attached hydrogens (tertiary/aromatic N) is 4. The molecule has 4 aromatic heterocycles. The molecule has 6 rings (SSSR count). The molecule has 0 N–H and O–H groups in total. The van der Waals surface area contributed by atoms with Crippen molar-refractivity contribution in [3.63, 3.8) is 0 Å². The van der Waals surface area contributed by atoms with Gasteiger partial charge in [0.25, 0.3) is 0 Å². The van der Waals surface area contributed by atoms with Gasteiger partial charge in [-0.25, -0.2) is 10.4 Å². The molecular weight excluding hydrogens is 627 g/mol. The summed E-state index contributed by atoms with van der Waals surface area (Å²) < 4.78 is 8.22. The smallest absolute Gasteiger partial charge is 0.460 e. The summed E-state index contributed by atoms with van der Waals surface area (Å²) in [5.74, 6) is 1.13. The number of rotatable bonds is 5. The van der Waals surface area contributed by atoms with Crippen molar-refractivity contribution in [2.24, 2.45) is 0 Å². The second-order valence-corrected chi connectivity index (χ2v) is 8.87. The van der Waals surface area contributed by atoms with E-state index in [1.807, 2.05) is 54.7 Å². The van der Waals surface area contributed by atoms with Crippen molar-refractivity contribution in [3.8, 4) is 17.3 Å². The Morgan fingerprint density at radius 2 is 1.42 bits per heavy atom. The van der Waals surface area contributed by atoms with Gasteiger partial charge in [0, 0.05) is 53.4 Å². The zero-order valence-electron chi connectivity index (χ0n) is 19.8. The summed E-state index contributed by atoms with van der Waals surface area (Å²) in [5.41, 5.74) is 4.82. The zero-order valence-corrected chi connectivity index (χ0v) is 22.0. The molecule has 4 heterocycles. The van der Waals surface area contributed by atoms with Crippen LogP contribution in [0.15, 0.2) is 97.6 Å². The molecule has 0 radical (unpaired) electrons. The van der Waals surface area contributed by atoms with Crippen LogP contribution < -0.4 is 4.74 Å². The van der Waals surface area contributed by atoms with Crippen LogP contribution in [0.1, 0.15) is 25.1 Å². The Morgan fingerprint density at radius 1 is 0.722 bits per heavy atom. The zero-order chi connectivity index (χ0) is 23.8. The van der Waals surface area contributed by atoms with Crippen LogP contribution in [-0.2, 0) is 26.5 Å². The molecule has 0 saturated heterocycles. The molecule has 0 aliphatic heterocycles. The third-order valence-corrected chi connectivity index (χ3v) is 6.30. The Morgan fingerprint density at radius 3 is 2.11 bits per heavy atom. The first-order valence-electron chi connectivity index (χ1n) is 11.5. The molecule has 6 aromatic rings. The average Bonchev–Trinajstić information content (AvgIpc) is 3.23. The van der Waals surface area contributed by atoms with Gasteiger partial charge in [-0.15, -0.1) is 35.9 Å². The first kappa shape index (κ1) is 23.9. The maximum absolute atomic E-state index is 6.01. The van der Waals surface area contributed by atoms with E-state index in [9.17, 15) is 0 Å². The predicted octanol–water partition coefficient (Wildman–Crippen LogP) is 6.68. The van der Waals surface area contributed by atoms with Crippen LogP contribution in [0.5, 0.6) is 11.6 Å². The molecule has 5 nitrogen and oxygen atoms in total. The van der Waals surface area contributed by atoms with Gasteiger partial charge < -0.3 is 9.30 Å². The van der Waals surface area contributed by atoms with Crippen molar-refractivity contribution < 1.29 is 25.8 Å². The number of pyridine rings is 3. The van der Waals surface area contributed by atoms with Crippen LogP contribution in [0.4, 0.5) is 0 Å². The summed E-state index contributed by atoms with van der Waals surface area (Å²) in [6.07, 6.45) is 7.15. The Labute approximate surface area is 224 Å². The van der Waals surface area contributed by atoms with Gasteiger partial charge in [0.1, 0.15) is 0 Å². The van der Waals surface area contributed by atoms with Gasteiger partial charge in [-0.05, 0) is 30.3 Å². The van der Waals surface area contributed by atoms with Crippen molar-refractivity contribution in [2.75, 3.05) is 0 Å². The van der Waals surface area contributed by atoms with E-state index in [-0.39, 0.29) is 26.5 Å². The minimum atomic E-state index is -0.317. The van der Waals surface area contributed by atoms with Crippen molar-refractivity contribution >= 4 is 21.8 Å². The van der Waals surface area contributed by atoms with E-state index in [1.165, 1.54) is 0 Å². The molecule has 0 atom stereocenters. The molecule has 0 bridgehead atoms. The number of aromatic nitrogens is 4. The van der Waals surface area contributed by atoms with Crippen molar-refractivity contribution in [2.45, 2.75) is 19.3 Å². The number of benzene rings is 2. The van der Waals surface area contributed by atoms with E-state index >= 15 is 0 Å². The Balaban J connectivity index is 0.00000267. The largest absolute Gasteiger partial charge is 2.00 e. The molecular formula is C30H22N4OPt. The molecule has 0 aliphatic rings. The fourth-order valence-electron chi connectivity index (χ4n) is 4.42. The minimum Gasteiger partial charge on any atom is -0.460 e. The Kier molecular flexibility index (Phi) is 6.42. The molecule has 36 heavy (non-hydrogen) atoms. The van der Waals surface area contributed by atoms with Gasteiger partial charge in [0.15, 0.2) is 0 Å². The fraction of sp³-hybridized carbons (Fsp3) is 0.100. The molecule has 0 amide bonds. The van der Waals surface area contributed by atoms with E-state index in [0.29, 0.717) is 11.6 Å². The van der Waals surface area contributed by atoms with Gasteiger partial charge >= 0.3 is 21.1 Å². The molecule has 0 unspecified atom stereocenters. The Hall–Kier alpha value is -3.82. The predicted molar refractivity (Wildman–Crippen MR) is 137 cm³/mol. The van der Waals surface area contributed by atoms with Crippen LogP contribution in [0.2, 0.25) is 0 Å².